The second-order valence-electron chi connectivity index (χ2n) is 8.20. The number of amides is 3. The van der Waals surface area contributed by atoms with Gasteiger partial charge in [0, 0.05) is 51.8 Å². The number of likely N-dealkylation sites (tertiary alicyclic amines) is 1. The van der Waals surface area contributed by atoms with Crippen LogP contribution in [0.25, 0.3) is 0 Å². The van der Waals surface area contributed by atoms with Crippen molar-refractivity contribution in [2.24, 2.45) is 10.9 Å². The number of carbonyl (C=O) groups is 2. The number of rotatable bonds is 4. The van der Waals surface area contributed by atoms with E-state index in [4.69, 9.17) is 0 Å². The van der Waals surface area contributed by atoms with Gasteiger partial charge >= 0.3 is 6.03 Å². The summed E-state index contributed by atoms with van der Waals surface area (Å²) in [4.78, 5) is 32.4. The molecule has 1 saturated heterocycles. The van der Waals surface area contributed by atoms with Crippen molar-refractivity contribution in [3.8, 4) is 0 Å². The van der Waals surface area contributed by atoms with Crippen LogP contribution in [0.2, 0.25) is 0 Å². The van der Waals surface area contributed by atoms with E-state index in [1.165, 1.54) is 17.0 Å². The lowest BCUT2D eigenvalue weighted by molar-refractivity contribution is -0.121. The molecular weight excluding hydrogens is 418 g/mol. The van der Waals surface area contributed by atoms with Crippen molar-refractivity contribution >= 4 is 33.5 Å². The van der Waals surface area contributed by atoms with E-state index in [0.29, 0.717) is 50.4 Å². The van der Waals surface area contributed by atoms with Crippen LogP contribution in [0.15, 0.2) is 34.2 Å². The highest BCUT2D eigenvalue weighted by Crippen LogP contribution is 2.22. The standard InChI is InChI=1S/C21H31N5O4S/c1-25(2)21(28)26-13-10-16(11-14-26)20(27)23-17-7-6-8-18(15-17)31(29,30)24-19-9-4-3-5-12-22-19/h6-8,15-16H,3-5,9-14H2,1-2H3,(H,22,24)(H,23,27). The molecular formula is C21H31N5O4S. The summed E-state index contributed by atoms with van der Waals surface area (Å²) in [7, 11) is -0.350. The third-order valence-electron chi connectivity index (χ3n) is 5.56. The predicted molar refractivity (Wildman–Crippen MR) is 120 cm³/mol. The first-order chi connectivity index (χ1) is 14.8. The van der Waals surface area contributed by atoms with Crippen LogP contribution in [0, 0.1) is 5.92 Å². The van der Waals surface area contributed by atoms with Crippen molar-refractivity contribution in [2.45, 2.75) is 43.4 Å². The van der Waals surface area contributed by atoms with Crippen molar-refractivity contribution in [1.29, 1.82) is 0 Å². The average molecular weight is 450 g/mol. The zero-order valence-corrected chi connectivity index (χ0v) is 19.0. The van der Waals surface area contributed by atoms with Gasteiger partial charge in [0.05, 0.1) is 4.90 Å². The molecule has 9 nitrogen and oxygen atoms in total. The van der Waals surface area contributed by atoms with Crippen molar-refractivity contribution < 1.29 is 18.0 Å². The second kappa shape index (κ2) is 10.1. The Morgan fingerprint density at radius 2 is 1.87 bits per heavy atom. The van der Waals surface area contributed by atoms with Gasteiger partial charge < -0.3 is 15.1 Å². The first kappa shape index (κ1) is 23.1. The lowest BCUT2D eigenvalue weighted by Gasteiger charge is -2.33. The number of carbonyl (C=O) groups excluding carboxylic acids is 2. The summed E-state index contributed by atoms with van der Waals surface area (Å²) in [6.07, 6.45) is 4.68. The largest absolute Gasteiger partial charge is 0.331 e. The predicted octanol–water partition coefficient (Wildman–Crippen LogP) is 2.27. The van der Waals surface area contributed by atoms with Crippen LogP contribution in [-0.4, -0.2) is 69.7 Å². The summed E-state index contributed by atoms with van der Waals surface area (Å²) in [6.45, 7) is 1.68. The summed E-state index contributed by atoms with van der Waals surface area (Å²) in [5, 5.41) is 2.83. The first-order valence-corrected chi connectivity index (χ1v) is 12.2. The number of amidine groups is 1. The number of benzene rings is 1. The number of sulfonamides is 1. The molecule has 2 heterocycles. The number of piperidine rings is 1. The van der Waals surface area contributed by atoms with Gasteiger partial charge in [0.25, 0.3) is 10.0 Å². The van der Waals surface area contributed by atoms with E-state index >= 15 is 0 Å². The Kier molecular flexibility index (Phi) is 7.53. The fraction of sp³-hybridized carbons (Fsp3) is 0.571. The van der Waals surface area contributed by atoms with E-state index in [0.717, 1.165) is 19.3 Å². The highest BCUT2D eigenvalue weighted by Gasteiger charge is 2.28. The molecule has 1 aromatic carbocycles. The molecule has 0 atom stereocenters. The molecule has 1 aromatic rings. The SMILES string of the molecule is CN(C)C(=O)N1CCC(C(=O)Nc2cccc(S(=O)(=O)NC3=NCCCCC3)c2)CC1. The van der Waals surface area contributed by atoms with Gasteiger partial charge in [-0.1, -0.05) is 12.5 Å². The van der Waals surface area contributed by atoms with E-state index in [2.05, 4.69) is 15.0 Å². The fourth-order valence-electron chi connectivity index (χ4n) is 3.77. The van der Waals surface area contributed by atoms with Gasteiger partial charge in [0.1, 0.15) is 5.84 Å². The van der Waals surface area contributed by atoms with Crippen molar-refractivity contribution in [3.05, 3.63) is 24.3 Å². The highest BCUT2D eigenvalue weighted by molar-refractivity contribution is 7.90. The van der Waals surface area contributed by atoms with Crippen molar-refractivity contribution in [1.82, 2.24) is 14.5 Å². The van der Waals surface area contributed by atoms with Gasteiger partial charge in [0.2, 0.25) is 5.91 Å². The minimum absolute atomic E-state index is 0.0532. The maximum atomic E-state index is 12.8. The second-order valence-corrected chi connectivity index (χ2v) is 9.88. The molecule has 0 spiro atoms. The normalized spacial score (nSPS) is 18.0. The third kappa shape index (κ3) is 6.19. The number of anilines is 1. The van der Waals surface area contributed by atoms with E-state index in [1.807, 2.05) is 0 Å². The molecule has 0 radical (unpaired) electrons. The molecule has 10 heteroatoms. The third-order valence-corrected chi connectivity index (χ3v) is 6.94. The quantitative estimate of drug-likeness (QED) is 0.734. The maximum Gasteiger partial charge on any atom is 0.319 e. The maximum absolute atomic E-state index is 12.8. The summed E-state index contributed by atoms with van der Waals surface area (Å²) < 4.78 is 28.1. The molecule has 3 rings (SSSR count). The number of hydrogen-bond acceptors (Lipinski definition) is 5. The summed E-state index contributed by atoms with van der Waals surface area (Å²) >= 11 is 0. The zero-order chi connectivity index (χ0) is 22.4. The summed E-state index contributed by atoms with van der Waals surface area (Å²) in [5.41, 5.74) is 0.433. The first-order valence-electron chi connectivity index (χ1n) is 10.7. The Morgan fingerprint density at radius 3 is 2.58 bits per heavy atom. The van der Waals surface area contributed by atoms with Crippen LogP contribution < -0.4 is 10.0 Å². The Bertz CT molecular complexity index is 937. The molecule has 0 aromatic heterocycles. The van der Waals surface area contributed by atoms with E-state index in [1.54, 1.807) is 31.1 Å². The molecule has 1 fully saturated rings. The Balaban J connectivity index is 1.61. The topological polar surface area (TPSA) is 111 Å². The van der Waals surface area contributed by atoms with Gasteiger partial charge in [-0.05, 0) is 43.9 Å². The Labute approximate surface area is 183 Å². The van der Waals surface area contributed by atoms with Crippen molar-refractivity contribution in [3.63, 3.8) is 0 Å². The van der Waals surface area contributed by atoms with Crippen LogP contribution in [0.4, 0.5) is 10.5 Å². The monoisotopic (exact) mass is 449 g/mol. The molecule has 2 aliphatic heterocycles. The lowest BCUT2D eigenvalue weighted by Crippen LogP contribution is -2.45. The minimum atomic E-state index is -3.77. The van der Waals surface area contributed by atoms with Crippen LogP contribution in [0.1, 0.15) is 38.5 Å². The van der Waals surface area contributed by atoms with Crippen LogP contribution >= 0.6 is 0 Å². The molecule has 0 saturated carbocycles. The molecule has 31 heavy (non-hydrogen) atoms. The van der Waals surface area contributed by atoms with E-state index in [9.17, 15) is 18.0 Å². The number of nitrogens with zero attached hydrogens (tertiary/aromatic N) is 3. The number of nitrogens with one attached hydrogen (secondary N) is 2. The Morgan fingerprint density at radius 1 is 1.13 bits per heavy atom. The fourth-order valence-corrected chi connectivity index (χ4v) is 4.91. The molecule has 0 unspecified atom stereocenters. The van der Waals surface area contributed by atoms with Gasteiger partial charge in [-0.25, -0.2) is 13.2 Å². The summed E-state index contributed by atoms with van der Waals surface area (Å²) in [6, 6.07) is 6.19. The summed E-state index contributed by atoms with van der Waals surface area (Å²) in [5.74, 6) is 0.114. The smallest absolute Gasteiger partial charge is 0.319 e. The lowest BCUT2D eigenvalue weighted by atomic mass is 9.96. The average Bonchev–Trinajstić information content (AvgIpc) is 3.01. The minimum Gasteiger partial charge on any atom is -0.331 e. The Hall–Kier alpha value is -2.62. The molecule has 0 aliphatic carbocycles. The molecule has 2 N–H and O–H groups in total. The van der Waals surface area contributed by atoms with Gasteiger partial charge in [0.15, 0.2) is 0 Å². The van der Waals surface area contributed by atoms with Crippen LogP contribution in [-0.2, 0) is 14.8 Å². The van der Waals surface area contributed by atoms with Crippen LogP contribution in [0.3, 0.4) is 0 Å². The molecule has 0 bridgehead atoms. The number of hydrogen-bond donors (Lipinski definition) is 2. The van der Waals surface area contributed by atoms with E-state index in [-0.39, 0.29) is 22.8 Å². The molecule has 2 aliphatic rings. The van der Waals surface area contributed by atoms with Gasteiger partial charge in [-0.2, -0.15) is 0 Å². The number of aliphatic imine (C=N–C) groups is 1. The van der Waals surface area contributed by atoms with Crippen molar-refractivity contribution in [2.75, 3.05) is 39.0 Å². The zero-order valence-electron chi connectivity index (χ0n) is 18.1. The van der Waals surface area contributed by atoms with Gasteiger partial charge in [-0.3, -0.25) is 14.5 Å². The molecule has 170 valence electrons. The molecule has 3 amide bonds. The number of urea groups is 1. The van der Waals surface area contributed by atoms with E-state index < -0.39 is 10.0 Å². The van der Waals surface area contributed by atoms with Crippen LogP contribution in [0.5, 0.6) is 0 Å². The van der Waals surface area contributed by atoms with Gasteiger partial charge in [-0.15, -0.1) is 0 Å². The highest BCUT2D eigenvalue weighted by atomic mass is 32.2.